The van der Waals surface area contributed by atoms with E-state index in [1.807, 2.05) is 12.1 Å². The second-order valence-electron chi connectivity index (χ2n) is 2.81. The number of aromatic nitrogens is 1. The molecule has 0 radical (unpaired) electrons. The molecule has 0 aromatic carbocycles. The molecule has 0 bridgehead atoms. The van der Waals surface area contributed by atoms with Crippen LogP contribution in [0.25, 0.3) is 0 Å². The summed E-state index contributed by atoms with van der Waals surface area (Å²) in [6.45, 7) is 0. The second kappa shape index (κ2) is 3.26. The summed E-state index contributed by atoms with van der Waals surface area (Å²) in [5.41, 5.74) is 0. The number of rotatable bonds is 2. The van der Waals surface area contributed by atoms with E-state index in [0.717, 1.165) is 17.3 Å². The lowest BCUT2D eigenvalue weighted by atomic mass is 10.5. The molecule has 0 aliphatic heterocycles. The molecule has 1 fully saturated rings. The van der Waals surface area contributed by atoms with Gasteiger partial charge in [0.2, 0.25) is 0 Å². The summed E-state index contributed by atoms with van der Waals surface area (Å²) in [6, 6.07) is 3.70. The van der Waals surface area contributed by atoms with Crippen LogP contribution in [-0.2, 0) is 10.8 Å². The highest BCUT2D eigenvalue weighted by Crippen LogP contribution is 2.29. The van der Waals surface area contributed by atoms with Gasteiger partial charge < -0.3 is 0 Å². The molecule has 1 aliphatic rings. The van der Waals surface area contributed by atoms with Crippen molar-refractivity contribution in [1.29, 1.82) is 0 Å². The van der Waals surface area contributed by atoms with Crippen LogP contribution in [0.1, 0.15) is 12.8 Å². The van der Waals surface area contributed by atoms with E-state index in [4.69, 9.17) is 0 Å². The molecule has 1 unspecified atom stereocenters. The van der Waals surface area contributed by atoms with Gasteiger partial charge in [0.25, 0.3) is 0 Å². The molecule has 1 saturated carbocycles. The number of halogens is 1. The van der Waals surface area contributed by atoms with Crippen molar-refractivity contribution < 1.29 is 4.21 Å². The number of nitrogens with zero attached hydrogens (tertiary/aromatic N) is 1. The van der Waals surface area contributed by atoms with Crippen LogP contribution in [0.2, 0.25) is 0 Å². The third kappa shape index (κ3) is 1.75. The minimum absolute atomic E-state index is 0.374. The molecule has 0 N–H and O–H groups in total. The maximum atomic E-state index is 11.6. The van der Waals surface area contributed by atoms with Gasteiger partial charge in [0.1, 0.15) is 5.03 Å². The molecule has 1 aliphatic carbocycles. The zero-order chi connectivity index (χ0) is 8.55. The fourth-order valence-corrected chi connectivity index (χ4v) is 2.43. The zero-order valence-corrected chi connectivity index (χ0v) is 8.77. The predicted molar refractivity (Wildman–Crippen MR) is 51.4 cm³/mol. The number of hydrogen-bond donors (Lipinski definition) is 0. The summed E-state index contributed by atoms with van der Waals surface area (Å²) < 4.78 is 12.5. The summed E-state index contributed by atoms with van der Waals surface area (Å²) in [5.74, 6) is 0. The Morgan fingerprint density at radius 1 is 1.50 bits per heavy atom. The largest absolute Gasteiger partial charge is 0.252 e. The fraction of sp³-hybridized carbons (Fsp3) is 0.375. The zero-order valence-electron chi connectivity index (χ0n) is 6.37. The van der Waals surface area contributed by atoms with E-state index in [9.17, 15) is 4.21 Å². The minimum atomic E-state index is -0.864. The summed E-state index contributed by atoms with van der Waals surface area (Å²) in [5, 5.41) is 1.08. The van der Waals surface area contributed by atoms with Crippen molar-refractivity contribution in [3.63, 3.8) is 0 Å². The molecule has 2 rings (SSSR count). The Hall–Kier alpha value is -0.220. The van der Waals surface area contributed by atoms with Gasteiger partial charge in [0, 0.05) is 15.9 Å². The molecule has 4 heteroatoms. The molecular formula is C8H8BrNOS. The maximum Gasteiger partial charge on any atom is 0.127 e. The Bertz CT molecular complexity index is 307. The van der Waals surface area contributed by atoms with Gasteiger partial charge in [0.05, 0.1) is 10.8 Å². The van der Waals surface area contributed by atoms with Crippen molar-refractivity contribution >= 4 is 26.7 Å². The van der Waals surface area contributed by atoms with Gasteiger partial charge in [-0.1, -0.05) is 0 Å². The number of pyridine rings is 1. The van der Waals surface area contributed by atoms with Gasteiger partial charge in [-0.15, -0.1) is 0 Å². The molecule has 0 spiro atoms. The van der Waals surface area contributed by atoms with Crippen molar-refractivity contribution in [1.82, 2.24) is 4.98 Å². The molecule has 1 aromatic rings. The van der Waals surface area contributed by atoms with Crippen LogP contribution in [0, 0.1) is 0 Å². The Morgan fingerprint density at radius 2 is 2.25 bits per heavy atom. The molecule has 64 valence electrons. The van der Waals surface area contributed by atoms with Gasteiger partial charge in [0.15, 0.2) is 0 Å². The van der Waals surface area contributed by atoms with Crippen molar-refractivity contribution in [2.75, 3.05) is 0 Å². The van der Waals surface area contributed by atoms with Gasteiger partial charge in [-0.05, 0) is 40.9 Å². The van der Waals surface area contributed by atoms with Gasteiger partial charge in [-0.3, -0.25) is 4.21 Å². The molecule has 0 amide bonds. The van der Waals surface area contributed by atoms with Crippen LogP contribution >= 0.6 is 15.9 Å². The van der Waals surface area contributed by atoms with Crippen LogP contribution in [0.3, 0.4) is 0 Å². The van der Waals surface area contributed by atoms with Crippen molar-refractivity contribution in [2.24, 2.45) is 0 Å². The molecule has 12 heavy (non-hydrogen) atoms. The van der Waals surface area contributed by atoms with E-state index < -0.39 is 10.8 Å². The van der Waals surface area contributed by atoms with E-state index in [1.54, 1.807) is 6.20 Å². The highest BCUT2D eigenvalue weighted by Gasteiger charge is 2.29. The van der Waals surface area contributed by atoms with Crippen LogP contribution in [0.5, 0.6) is 0 Å². The van der Waals surface area contributed by atoms with Crippen molar-refractivity contribution in [2.45, 2.75) is 23.1 Å². The lowest BCUT2D eigenvalue weighted by Gasteiger charge is -1.97. The average molecular weight is 246 g/mol. The summed E-state index contributed by atoms with van der Waals surface area (Å²) >= 11 is 3.29. The van der Waals surface area contributed by atoms with E-state index in [2.05, 4.69) is 20.9 Å². The second-order valence-corrected chi connectivity index (χ2v) is 5.41. The van der Waals surface area contributed by atoms with Gasteiger partial charge in [-0.25, -0.2) is 4.98 Å². The summed E-state index contributed by atoms with van der Waals surface area (Å²) in [7, 11) is -0.864. The van der Waals surface area contributed by atoms with Gasteiger partial charge in [-0.2, -0.15) is 0 Å². The van der Waals surface area contributed by atoms with Crippen LogP contribution in [0.4, 0.5) is 0 Å². The maximum absolute atomic E-state index is 11.6. The quantitative estimate of drug-likeness (QED) is 0.799. The normalized spacial score (nSPS) is 19.1. The highest BCUT2D eigenvalue weighted by molar-refractivity contribution is 9.10. The van der Waals surface area contributed by atoms with Crippen LogP contribution in [-0.4, -0.2) is 14.4 Å². The summed E-state index contributed by atoms with van der Waals surface area (Å²) in [6.07, 6.45) is 3.87. The smallest absolute Gasteiger partial charge is 0.127 e. The van der Waals surface area contributed by atoms with E-state index in [1.165, 1.54) is 0 Å². The minimum Gasteiger partial charge on any atom is -0.252 e. The summed E-state index contributed by atoms with van der Waals surface area (Å²) in [4.78, 5) is 4.09. The van der Waals surface area contributed by atoms with Crippen LogP contribution < -0.4 is 0 Å². The first kappa shape index (κ1) is 8.38. The Kier molecular flexibility index (Phi) is 2.28. The molecule has 0 saturated heterocycles. The molecule has 1 aromatic heterocycles. The first-order chi connectivity index (χ1) is 5.77. The first-order valence-corrected chi connectivity index (χ1v) is 5.80. The fourth-order valence-electron chi connectivity index (χ4n) is 0.934. The Morgan fingerprint density at radius 3 is 2.75 bits per heavy atom. The third-order valence-corrected chi connectivity index (χ3v) is 3.93. The predicted octanol–water partition coefficient (Wildman–Crippen LogP) is 2.11. The topological polar surface area (TPSA) is 30.0 Å². The monoisotopic (exact) mass is 245 g/mol. The molecule has 2 nitrogen and oxygen atoms in total. The third-order valence-electron chi connectivity index (χ3n) is 1.73. The lowest BCUT2D eigenvalue weighted by Crippen LogP contribution is -1.99. The van der Waals surface area contributed by atoms with Crippen LogP contribution in [0.15, 0.2) is 27.8 Å². The number of hydrogen-bond acceptors (Lipinski definition) is 2. The van der Waals surface area contributed by atoms with E-state index in [0.29, 0.717) is 10.3 Å². The SMILES string of the molecule is O=S(c1ccc(Br)cn1)C1CC1. The molecule has 1 atom stereocenters. The van der Waals surface area contributed by atoms with Gasteiger partial charge >= 0.3 is 0 Å². The molecular weight excluding hydrogens is 238 g/mol. The average Bonchev–Trinajstić information content (AvgIpc) is 2.87. The standard InChI is InChI=1S/C8H8BrNOS/c9-6-1-4-8(10-5-6)12(11)7-2-3-7/h1,4-5,7H,2-3H2. The Labute approximate surface area is 82.0 Å². The van der Waals surface area contributed by atoms with Crippen molar-refractivity contribution in [3.05, 3.63) is 22.8 Å². The first-order valence-electron chi connectivity index (χ1n) is 3.79. The Balaban J connectivity index is 2.22. The van der Waals surface area contributed by atoms with E-state index in [-0.39, 0.29) is 0 Å². The van der Waals surface area contributed by atoms with Crippen molar-refractivity contribution in [3.8, 4) is 0 Å². The molecule has 1 heterocycles. The lowest BCUT2D eigenvalue weighted by molar-refractivity contribution is 0.679. The van der Waals surface area contributed by atoms with E-state index >= 15 is 0 Å². The highest BCUT2D eigenvalue weighted by atomic mass is 79.9.